The van der Waals surface area contributed by atoms with Crippen LogP contribution in [-0.4, -0.2) is 9.67 Å². The first-order valence-electron chi connectivity index (χ1n) is 6.04. The molecular formula is C16H13NO2. The molecular weight excluding hydrogens is 238 g/mol. The van der Waals surface area contributed by atoms with Crippen molar-refractivity contribution in [3.8, 4) is 16.9 Å². The Morgan fingerprint density at radius 1 is 0.947 bits per heavy atom. The number of aryl methyl sites for hydroxylation is 1. The molecule has 3 aromatic rings. The van der Waals surface area contributed by atoms with E-state index in [2.05, 4.69) is 12.1 Å². The average molecular weight is 251 g/mol. The Labute approximate surface area is 110 Å². The maximum Gasteiger partial charge on any atom is 0.292 e. The van der Waals surface area contributed by atoms with Crippen molar-refractivity contribution in [2.75, 3.05) is 0 Å². The van der Waals surface area contributed by atoms with Crippen molar-refractivity contribution in [2.45, 2.75) is 0 Å². The lowest BCUT2D eigenvalue weighted by Gasteiger charge is -2.07. The lowest BCUT2D eigenvalue weighted by Crippen LogP contribution is -2.15. The van der Waals surface area contributed by atoms with Crippen LogP contribution in [0.25, 0.3) is 21.9 Å². The normalized spacial score (nSPS) is 10.8. The monoisotopic (exact) mass is 251 g/mol. The van der Waals surface area contributed by atoms with Gasteiger partial charge in [-0.1, -0.05) is 36.4 Å². The minimum absolute atomic E-state index is 0.229. The van der Waals surface area contributed by atoms with Crippen LogP contribution in [0.15, 0.2) is 59.5 Å². The fourth-order valence-electron chi connectivity index (χ4n) is 2.22. The van der Waals surface area contributed by atoms with Gasteiger partial charge in [0.2, 0.25) is 0 Å². The molecule has 0 saturated carbocycles. The van der Waals surface area contributed by atoms with E-state index in [0.717, 1.165) is 16.5 Å². The first kappa shape index (κ1) is 11.5. The Hall–Kier alpha value is -2.55. The molecule has 19 heavy (non-hydrogen) atoms. The third-order valence-corrected chi connectivity index (χ3v) is 3.25. The Morgan fingerprint density at radius 3 is 2.42 bits per heavy atom. The zero-order chi connectivity index (χ0) is 13.4. The number of hydrogen-bond acceptors (Lipinski definition) is 2. The van der Waals surface area contributed by atoms with E-state index in [-0.39, 0.29) is 11.3 Å². The van der Waals surface area contributed by atoms with Crippen LogP contribution in [0.1, 0.15) is 0 Å². The molecule has 0 aliphatic carbocycles. The molecule has 0 saturated heterocycles. The van der Waals surface area contributed by atoms with Crippen molar-refractivity contribution in [1.29, 1.82) is 0 Å². The van der Waals surface area contributed by atoms with Gasteiger partial charge in [0.1, 0.15) is 0 Å². The molecule has 3 nitrogen and oxygen atoms in total. The van der Waals surface area contributed by atoms with Crippen molar-refractivity contribution < 1.29 is 5.11 Å². The van der Waals surface area contributed by atoms with Crippen LogP contribution in [0, 0.1) is 0 Å². The summed E-state index contributed by atoms with van der Waals surface area (Å²) in [5.41, 5.74) is 1.42. The molecule has 1 heterocycles. The fraction of sp³-hybridized carbons (Fsp3) is 0.0625. The number of rotatable bonds is 1. The second-order valence-electron chi connectivity index (χ2n) is 4.59. The average Bonchev–Trinajstić information content (AvgIpc) is 2.43. The maximum atomic E-state index is 11.5. The highest BCUT2D eigenvalue weighted by molar-refractivity contribution is 5.87. The highest BCUT2D eigenvalue weighted by Gasteiger charge is 2.05. The van der Waals surface area contributed by atoms with Gasteiger partial charge >= 0.3 is 0 Å². The topological polar surface area (TPSA) is 42.2 Å². The van der Waals surface area contributed by atoms with Crippen molar-refractivity contribution in [3.05, 3.63) is 65.1 Å². The number of aromatic hydroxyl groups is 1. The van der Waals surface area contributed by atoms with Crippen molar-refractivity contribution in [3.63, 3.8) is 0 Å². The lowest BCUT2D eigenvalue weighted by molar-refractivity contribution is 0.461. The van der Waals surface area contributed by atoms with Gasteiger partial charge in [0.15, 0.2) is 5.75 Å². The van der Waals surface area contributed by atoms with Crippen molar-refractivity contribution >= 4 is 10.8 Å². The molecule has 0 unspecified atom stereocenters. The van der Waals surface area contributed by atoms with Gasteiger partial charge in [0.25, 0.3) is 5.56 Å². The van der Waals surface area contributed by atoms with E-state index in [1.165, 1.54) is 16.0 Å². The highest BCUT2D eigenvalue weighted by Crippen LogP contribution is 2.25. The minimum Gasteiger partial charge on any atom is -0.503 e. The molecule has 0 radical (unpaired) electrons. The smallest absolute Gasteiger partial charge is 0.292 e. The zero-order valence-electron chi connectivity index (χ0n) is 10.5. The molecule has 94 valence electrons. The number of hydrogen-bond donors (Lipinski definition) is 1. The van der Waals surface area contributed by atoms with E-state index in [0.29, 0.717) is 0 Å². The maximum absolute atomic E-state index is 11.5. The van der Waals surface area contributed by atoms with Gasteiger partial charge in [-0.25, -0.2) is 0 Å². The van der Waals surface area contributed by atoms with E-state index < -0.39 is 0 Å². The first-order chi connectivity index (χ1) is 9.15. The number of benzene rings is 2. The molecule has 1 aromatic heterocycles. The summed E-state index contributed by atoms with van der Waals surface area (Å²) in [7, 11) is 1.63. The number of aromatic nitrogens is 1. The van der Waals surface area contributed by atoms with E-state index in [4.69, 9.17) is 0 Å². The Morgan fingerprint density at radius 2 is 1.68 bits per heavy atom. The molecule has 1 N–H and O–H groups in total. The molecule has 0 atom stereocenters. The third kappa shape index (κ3) is 1.99. The standard InChI is InChI=1S/C16H13NO2/c1-17-10-14(9-15(18)16(17)19)13-7-6-11-4-2-3-5-12(11)8-13/h2-10,18H,1H3. The summed E-state index contributed by atoms with van der Waals surface area (Å²) < 4.78 is 1.39. The largest absolute Gasteiger partial charge is 0.503 e. The second-order valence-corrected chi connectivity index (χ2v) is 4.59. The summed E-state index contributed by atoms with van der Waals surface area (Å²) in [4.78, 5) is 11.5. The Kier molecular flexibility index (Phi) is 2.60. The molecule has 0 spiro atoms. The van der Waals surface area contributed by atoms with Crippen LogP contribution in [-0.2, 0) is 7.05 Å². The van der Waals surface area contributed by atoms with Crippen LogP contribution >= 0.6 is 0 Å². The van der Waals surface area contributed by atoms with Gasteiger partial charge in [-0.2, -0.15) is 0 Å². The second kappa shape index (κ2) is 4.28. The Balaban J connectivity index is 2.21. The summed E-state index contributed by atoms with van der Waals surface area (Å²) in [5.74, 6) is -0.229. The highest BCUT2D eigenvalue weighted by atomic mass is 16.3. The third-order valence-electron chi connectivity index (χ3n) is 3.25. The van der Waals surface area contributed by atoms with Crippen LogP contribution in [0.5, 0.6) is 5.75 Å². The fourth-order valence-corrected chi connectivity index (χ4v) is 2.22. The van der Waals surface area contributed by atoms with Gasteiger partial charge in [-0.15, -0.1) is 0 Å². The van der Waals surface area contributed by atoms with E-state index >= 15 is 0 Å². The van der Waals surface area contributed by atoms with E-state index in [1.54, 1.807) is 13.2 Å². The summed E-state index contributed by atoms with van der Waals surface area (Å²) in [6.07, 6.45) is 1.73. The predicted molar refractivity (Wildman–Crippen MR) is 76.3 cm³/mol. The number of pyridine rings is 1. The van der Waals surface area contributed by atoms with Crippen LogP contribution in [0.2, 0.25) is 0 Å². The Bertz CT molecular complexity index is 792. The van der Waals surface area contributed by atoms with Gasteiger partial charge in [0, 0.05) is 18.8 Å². The quantitative estimate of drug-likeness (QED) is 0.722. The van der Waals surface area contributed by atoms with Gasteiger partial charge in [-0.3, -0.25) is 4.79 Å². The summed E-state index contributed by atoms with van der Waals surface area (Å²) in [5, 5.41) is 11.9. The first-order valence-corrected chi connectivity index (χ1v) is 6.04. The summed E-state index contributed by atoms with van der Waals surface area (Å²) >= 11 is 0. The van der Waals surface area contributed by atoms with Crippen LogP contribution in [0.4, 0.5) is 0 Å². The number of nitrogens with zero attached hydrogens (tertiary/aromatic N) is 1. The lowest BCUT2D eigenvalue weighted by atomic mass is 10.0. The molecule has 2 aromatic carbocycles. The van der Waals surface area contributed by atoms with E-state index in [1.807, 2.05) is 30.3 Å². The molecule has 0 aliphatic rings. The van der Waals surface area contributed by atoms with Crippen LogP contribution < -0.4 is 5.56 Å². The zero-order valence-corrected chi connectivity index (χ0v) is 10.5. The predicted octanol–water partition coefficient (Wildman–Crippen LogP) is 2.91. The molecule has 0 bridgehead atoms. The van der Waals surface area contributed by atoms with Crippen molar-refractivity contribution in [1.82, 2.24) is 4.57 Å². The van der Waals surface area contributed by atoms with Crippen LogP contribution in [0.3, 0.4) is 0 Å². The van der Waals surface area contributed by atoms with Gasteiger partial charge in [-0.05, 0) is 28.5 Å². The molecule has 3 heteroatoms. The molecule has 0 amide bonds. The minimum atomic E-state index is -0.385. The van der Waals surface area contributed by atoms with Gasteiger partial charge < -0.3 is 9.67 Å². The van der Waals surface area contributed by atoms with Gasteiger partial charge in [0.05, 0.1) is 0 Å². The van der Waals surface area contributed by atoms with E-state index in [9.17, 15) is 9.90 Å². The van der Waals surface area contributed by atoms with Crippen molar-refractivity contribution in [2.24, 2.45) is 7.05 Å². The molecule has 0 fully saturated rings. The molecule has 3 rings (SSSR count). The summed E-state index contributed by atoms with van der Waals surface area (Å²) in [6, 6.07) is 15.7. The number of fused-ring (bicyclic) bond motifs is 1. The SMILES string of the molecule is Cn1cc(-c2ccc3ccccc3c2)cc(O)c1=O. The molecule has 0 aliphatic heterocycles. The summed E-state index contributed by atoms with van der Waals surface area (Å²) in [6.45, 7) is 0.